The fraction of sp³-hybridized carbons (Fsp3) is 0.571. The van der Waals surface area contributed by atoms with Crippen LogP contribution in [-0.4, -0.2) is 18.6 Å². The van der Waals surface area contributed by atoms with Crippen molar-refractivity contribution in [1.29, 1.82) is 0 Å². The van der Waals surface area contributed by atoms with Gasteiger partial charge >= 0.3 is 12.0 Å². The van der Waals surface area contributed by atoms with E-state index in [0.717, 1.165) is 6.42 Å². The second kappa shape index (κ2) is 5.91. The van der Waals surface area contributed by atoms with Crippen molar-refractivity contribution in [2.75, 3.05) is 6.61 Å². The van der Waals surface area contributed by atoms with Gasteiger partial charge in [-0.1, -0.05) is 13.5 Å². The fourth-order valence-electron chi connectivity index (χ4n) is 0.611. The molecular weight excluding hydrogens is 251 g/mol. The third kappa shape index (κ3) is 7.37. The van der Waals surface area contributed by atoms with Gasteiger partial charge in [0.25, 0.3) is 0 Å². The van der Waals surface area contributed by atoms with Gasteiger partial charge in [0.15, 0.2) is 0 Å². The van der Waals surface area contributed by atoms with Crippen LogP contribution in [0.3, 0.4) is 0 Å². The van der Waals surface area contributed by atoms with Crippen LogP contribution in [0.4, 0.5) is 0 Å². The quantitative estimate of drug-likeness (QED) is 0.329. The zero-order valence-electron chi connectivity index (χ0n) is 7.28. The molecule has 0 aliphatic carbocycles. The van der Waals surface area contributed by atoms with Crippen molar-refractivity contribution in [3.63, 3.8) is 0 Å². The van der Waals surface area contributed by atoms with E-state index in [1.165, 1.54) is 0 Å². The molecule has 0 aromatic carbocycles. The van der Waals surface area contributed by atoms with Crippen molar-refractivity contribution in [3.05, 3.63) is 12.2 Å². The lowest BCUT2D eigenvalue weighted by atomic mass is 10.3. The van der Waals surface area contributed by atoms with E-state index in [1.54, 1.807) is 0 Å². The standard InChI is InChI=1S/C7H11Cl3O2Si/c1-3-4-12-7(11)6(2)5-13(8,9)10/h2-5H2,1H3. The number of carbonyl (C=O) groups excluding carboxylic acids is 1. The Morgan fingerprint density at radius 3 is 2.38 bits per heavy atom. The minimum absolute atomic E-state index is 0.125. The molecule has 0 fully saturated rings. The molecule has 0 unspecified atom stereocenters. The average Bonchev–Trinajstić information content (AvgIpc) is 1.96. The zero-order chi connectivity index (χ0) is 10.5. The molecule has 0 amide bonds. The summed E-state index contributed by atoms with van der Waals surface area (Å²) < 4.78 is 4.81. The van der Waals surface area contributed by atoms with Crippen LogP contribution in [-0.2, 0) is 9.53 Å². The predicted octanol–water partition coefficient (Wildman–Crippen LogP) is 3.15. The Morgan fingerprint density at radius 2 is 2.00 bits per heavy atom. The van der Waals surface area contributed by atoms with Gasteiger partial charge in [-0.2, -0.15) is 0 Å². The summed E-state index contributed by atoms with van der Waals surface area (Å²) in [6, 6.07) is -2.68. The van der Waals surface area contributed by atoms with E-state index < -0.39 is 12.0 Å². The summed E-state index contributed by atoms with van der Waals surface area (Å²) in [5, 5.41) is 0. The fourth-order valence-corrected chi connectivity index (χ4v) is 2.69. The third-order valence-electron chi connectivity index (χ3n) is 1.14. The minimum Gasteiger partial charge on any atom is -0.462 e. The van der Waals surface area contributed by atoms with Crippen LogP contribution in [0.2, 0.25) is 6.04 Å². The normalized spacial score (nSPS) is 11.1. The predicted molar refractivity (Wildman–Crippen MR) is 58.5 cm³/mol. The number of rotatable bonds is 5. The summed E-state index contributed by atoms with van der Waals surface area (Å²) in [5.41, 5.74) is 0.236. The van der Waals surface area contributed by atoms with Gasteiger partial charge in [0.05, 0.1) is 6.61 Å². The molecule has 0 heterocycles. The topological polar surface area (TPSA) is 26.3 Å². The lowest BCUT2D eigenvalue weighted by Gasteiger charge is -2.09. The lowest BCUT2D eigenvalue weighted by molar-refractivity contribution is -0.138. The first-order valence-corrected chi connectivity index (χ1v) is 9.02. The van der Waals surface area contributed by atoms with Crippen LogP contribution < -0.4 is 0 Å². The van der Waals surface area contributed by atoms with Crippen LogP contribution in [0.1, 0.15) is 13.3 Å². The Kier molecular flexibility index (Phi) is 6.04. The molecule has 0 atom stereocenters. The first-order valence-electron chi connectivity index (χ1n) is 3.78. The first-order chi connectivity index (χ1) is 5.87. The summed E-state index contributed by atoms with van der Waals surface area (Å²) in [6.45, 7) is 5.78. The maximum Gasteiger partial charge on any atom is 0.345 e. The molecule has 0 aromatic rings. The monoisotopic (exact) mass is 260 g/mol. The number of carbonyl (C=O) groups is 1. The molecule has 0 aromatic heterocycles. The van der Waals surface area contributed by atoms with E-state index in [9.17, 15) is 4.79 Å². The molecule has 76 valence electrons. The summed E-state index contributed by atoms with van der Waals surface area (Å²) >= 11 is 16.8. The van der Waals surface area contributed by atoms with E-state index in [1.807, 2.05) is 6.92 Å². The smallest absolute Gasteiger partial charge is 0.345 e. The number of hydrogen-bond acceptors (Lipinski definition) is 2. The van der Waals surface area contributed by atoms with Crippen molar-refractivity contribution >= 4 is 45.2 Å². The van der Waals surface area contributed by atoms with Crippen LogP contribution in [0.5, 0.6) is 0 Å². The lowest BCUT2D eigenvalue weighted by Crippen LogP contribution is -2.16. The summed E-state index contributed by atoms with van der Waals surface area (Å²) in [5.74, 6) is -0.472. The molecule has 13 heavy (non-hydrogen) atoms. The molecule has 0 saturated carbocycles. The molecule has 0 aliphatic rings. The Hall–Kier alpha value is 0.297. The van der Waals surface area contributed by atoms with E-state index in [2.05, 4.69) is 6.58 Å². The Morgan fingerprint density at radius 1 is 1.46 bits per heavy atom. The van der Waals surface area contributed by atoms with Gasteiger partial charge in [0.2, 0.25) is 0 Å². The molecule has 0 saturated heterocycles. The number of halogens is 3. The Bertz CT molecular complexity index is 200. The largest absolute Gasteiger partial charge is 0.462 e. The van der Waals surface area contributed by atoms with Gasteiger partial charge in [0, 0.05) is 11.6 Å². The molecule has 2 nitrogen and oxygen atoms in total. The average molecular weight is 262 g/mol. The van der Waals surface area contributed by atoms with E-state index in [4.69, 9.17) is 38.0 Å². The molecule has 0 spiro atoms. The maximum atomic E-state index is 11.1. The van der Waals surface area contributed by atoms with E-state index >= 15 is 0 Å². The van der Waals surface area contributed by atoms with E-state index in [-0.39, 0.29) is 11.6 Å². The van der Waals surface area contributed by atoms with Crippen molar-refractivity contribution in [1.82, 2.24) is 0 Å². The highest BCUT2D eigenvalue weighted by molar-refractivity contribution is 7.65. The summed E-state index contributed by atoms with van der Waals surface area (Å²) in [4.78, 5) is 11.1. The summed E-state index contributed by atoms with van der Waals surface area (Å²) in [6.07, 6.45) is 0.768. The highest BCUT2D eigenvalue weighted by atomic mass is 35.8. The van der Waals surface area contributed by atoms with Gasteiger partial charge in [-0.25, -0.2) is 4.79 Å². The van der Waals surface area contributed by atoms with Crippen molar-refractivity contribution in [3.8, 4) is 0 Å². The van der Waals surface area contributed by atoms with Gasteiger partial charge < -0.3 is 4.74 Å². The molecule has 0 bridgehead atoms. The SMILES string of the molecule is C=C(C[Si](Cl)(Cl)Cl)C(=O)OCCC. The number of hydrogen-bond donors (Lipinski definition) is 0. The Balaban J connectivity index is 3.91. The summed E-state index contributed by atoms with van der Waals surface area (Å²) in [7, 11) is 0. The van der Waals surface area contributed by atoms with Gasteiger partial charge in [-0.3, -0.25) is 0 Å². The molecule has 0 aliphatic heterocycles. The first kappa shape index (κ1) is 13.3. The number of ether oxygens (including phenoxy) is 1. The number of esters is 1. The van der Waals surface area contributed by atoms with Crippen molar-refractivity contribution < 1.29 is 9.53 Å². The second-order valence-corrected chi connectivity index (χ2v) is 11.7. The van der Waals surface area contributed by atoms with E-state index in [0.29, 0.717) is 6.61 Å². The minimum atomic E-state index is -2.81. The van der Waals surface area contributed by atoms with Crippen LogP contribution in [0.15, 0.2) is 12.2 Å². The zero-order valence-corrected chi connectivity index (χ0v) is 10.5. The maximum absolute atomic E-state index is 11.1. The van der Waals surface area contributed by atoms with Gasteiger partial charge in [-0.15, -0.1) is 33.2 Å². The molecule has 0 N–H and O–H groups in total. The molecule has 0 rings (SSSR count). The van der Waals surface area contributed by atoms with Crippen LogP contribution in [0, 0.1) is 0 Å². The molecular formula is C7H11Cl3O2Si. The third-order valence-corrected chi connectivity index (χ3v) is 3.17. The Labute approximate surface area is 92.9 Å². The second-order valence-electron chi connectivity index (χ2n) is 2.53. The molecule has 6 heteroatoms. The van der Waals surface area contributed by atoms with Crippen molar-refractivity contribution in [2.45, 2.75) is 19.4 Å². The van der Waals surface area contributed by atoms with Crippen LogP contribution >= 0.6 is 33.2 Å². The van der Waals surface area contributed by atoms with Crippen molar-refractivity contribution in [2.24, 2.45) is 0 Å². The van der Waals surface area contributed by atoms with Gasteiger partial charge in [-0.05, 0) is 6.42 Å². The molecule has 0 radical (unpaired) electrons. The highest BCUT2D eigenvalue weighted by Crippen LogP contribution is 2.28. The highest BCUT2D eigenvalue weighted by Gasteiger charge is 2.28. The van der Waals surface area contributed by atoms with Crippen LogP contribution in [0.25, 0.3) is 0 Å². The van der Waals surface area contributed by atoms with Gasteiger partial charge in [0.1, 0.15) is 0 Å².